The molecule has 0 unspecified atom stereocenters. The molecule has 2 N–H and O–H groups in total. The minimum atomic E-state index is 0.695. The fourth-order valence-electron chi connectivity index (χ4n) is 3.15. The van der Waals surface area contributed by atoms with Crippen molar-refractivity contribution in [3.05, 3.63) is 51.7 Å². The molecule has 0 amide bonds. The number of thiophene rings is 1. The van der Waals surface area contributed by atoms with Crippen molar-refractivity contribution >= 4 is 17.3 Å². The predicted octanol–water partition coefficient (Wildman–Crippen LogP) is 2.89. The van der Waals surface area contributed by atoms with Crippen LogP contribution in [-0.2, 0) is 24.2 Å². The molecule has 0 saturated carbocycles. The fraction of sp³-hybridized carbons (Fsp3) is 0.500. The van der Waals surface area contributed by atoms with Gasteiger partial charge in [-0.2, -0.15) is 0 Å². The Morgan fingerprint density at radius 2 is 1.93 bits per heavy atom. The van der Waals surface area contributed by atoms with Gasteiger partial charge in [-0.25, -0.2) is 0 Å². The van der Waals surface area contributed by atoms with E-state index in [9.17, 15) is 0 Å². The normalized spacial score (nSPS) is 15.3. The van der Waals surface area contributed by atoms with E-state index in [1.54, 1.807) is 7.05 Å². The number of aliphatic imine (C=N–C) groups is 1. The maximum Gasteiger partial charge on any atom is 0.191 e. The van der Waals surface area contributed by atoms with Crippen LogP contribution < -0.4 is 15.4 Å². The average Bonchev–Trinajstić information content (AvgIpc) is 3.23. The second-order valence-corrected chi connectivity index (χ2v) is 8.20. The maximum absolute atomic E-state index is 5.95. The van der Waals surface area contributed by atoms with Crippen LogP contribution >= 0.6 is 11.3 Å². The second-order valence-electron chi connectivity index (χ2n) is 6.95. The van der Waals surface area contributed by atoms with Crippen molar-refractivity contribution in [2.24, 2.45) is 4.99 Å². The Bertz CT molecular complexity index is 772. The molecule has 0 atom stereocenters. The van der Waals surface area contributed by atoms with Crippen molar-refractivity contribution < 1.29 is 9.47 Å². The lowest BCUT2D eigenvalue weighted by Gasteiger charge is -2.26. The molecule has 1 fully saturated rings. The van der Waals surface area contributed by atoms with Gasteiger partial charge in [0.15, 0.2) is 5.96 Å². The maximum atomic E-state index is 5.95. The van der Waals surface area contributed by atoms with Crippen molar-refractivity contribution in [3.63, 3.8) is 0 Å². The van der Waals surface area contributed by atoms with Gasteiger partial charge in [-0.15, -0.1) is 11.3 Å². The molecule has 7 heteroatoms. The van der Waals surface area contributed by atoms with E-state index in [-0.39, 0.29) is 0 Å². The van der Waals surface area contributed by atoms with Crippen LogP contribution in [0.15, 0.2) is 41.4 Å². The minimum absolute atomic E-state index is 0.695. The Kier molecular flexibility index (Phi) is 8.80. The van der Waals surface area contributed by atoms with Crippen LogP contribution in [0.2, 0.25) is 0 Å². The van der Waals surface area contributed by atoms with E-state index in [2.05, 4.69) is 51.7 Å². The number of hydrogen-bond donors (Lipinski definition) is 2. The lowest BCUT2D eigenvalue weighted by atomic mass is 10.2. The molecule has 2 heterocycles. The topological polar surface area (TPSA) is 58.1 Å². The van der Waals surface area contributed by atoms with E-state index in [1.807, 2.05) is 23.5 Å². The molecular formula is C22H32N4O2S. The lowest BCUT2D eigenvalue weighted by molar-refractivity contribution is 0.0322. The zero-order valence-corrected chi connectivity index (χ0v) is 18.3. The van der Waals surface area contributed by atoms with E-state index in [0.717, 1.165) is 57.5 Å². The fourth-order valence-corrected chi connectivity index (χ4v) is 4.04. The number of benzene rings is 1. The van der Waals surface area contributed by atoms with Crippen LogP contribution in [0.3, 0.4) is 0 Å². The number of guanidine groups is 1. The highest BCUT2D eigenvalue weighted by atomic mass is 32.1. The van der Waals surface area contributed by atoms with E-state index in [4.69, 9.17) is 9.47 Å². The molecule has 1 aromatic heterocycles. The highest BCUT2D eigenvalue weighted by Gasteiger charge is 2.10. The summed E-state index contributed by atoms with van der Waals surface area (Å²) >= 11 is 1.85. The molecule has 1 saturated heterocycles. The van der Waals surface area contributed by atoms with E-state index in [1.165, 1.54) is 15.3 Å². The number of morpholine rings is 1. The van der Waals surface area contributed by atoms with Gasteiger partial charge in [0.1, 0.15) is 12.4 Å². The van der Waals surface area contributed by atoms with Gasteiger partial charge in [-0.1, -0.05) is 19.1 Å². The Balaban J connectivity index is 1.41. The molecule has 1 aromatic carbocycles. The Labute approximate surface area is 177 Å². The summed E-state index contributed by atoms with van der Waals surface area (Å²) in [6.45, 7) is 8.93. The summed E-state index contributed by atoms with van der Waals surface area (Å²) in [5, 5.41) is 6.76. The van der Waals surface area contributed by atoms with Crippen molar-refractivity contribution in [1.29, 1.82) is 0 Å². The van der Waals surface area contributed by atoms with E-state index in [0.29, 0.717) is 13.2 Å². The van der Waals surface area contributed by atoms with Gasteiger partial charge in [0.2, 0.25) is 0 Å². The van der Waals surface area contributed by atoms with Crippen molar-refractivity contribution in [3.8, 4) is 5.75 Å². The highest BCUT2D eigenvalue weighted by Crippen LogP contribution is 2.16. The molecule has 3 rings (SSSR count). The Hall–Kier alpha value is -2.09. The number of hydrogen-bond acceptors (Lipinski definition) is 5. The summed E-state index contributed by atoms with van der Waals surface area (Å²) in [6, 6.07) is 12.6. The van der Waals surface area contributed by atoms with Crippen molar-refractivity contribution in [1.82, 2.24) is 15.5 Å². The van der Waals surface area contributed by atoms with Gasteiger partial charge >= 0.3 is 0 Å². The molecule has 0 spiro atoms. The standard InChI is InChI=1S/C22H32N4O2S/c1-3-20-7-8-21(29-20)17-25-22(23-2)24-16-18-5-4-6-19(15-18)28-14-11-26-9-12-27-13-10-26/h4-8,15H,3,9-14,16-17H2,1-2H3,(H2,23,24,25). The first-order valence-electron chi connectivity index (χ1n) is 10.3. The van der Waals surface area contributed by atoms with Crippen molar-refractivity contribution in [2.45, 2.75) is 26.4 Å². The van der Waals surface area contributed by atoms with Gasteiger partial charge in [0, 0.05) is 43.0 Å². The minimum Gasteiger partial charge on any atom is -0.492 e. The molecule has 1 aliphatic rings. The second kappa shape index (κ2) is 11.8. The molecule has 6 nitrogen and oxygen atoms in total. The molecule has 2 aromatic rings. The number of aryl methyl sites for hydroxylation is 1. The largest absolute Gasteiger partial charge is 0.492 e. The van der Waals surface area contributed by atoms with Crippen LogP contribution in [-0.4, -0.2) is 57.4 Å². The highest BCUT2D eigenvalue weighted by molar-refractivity contribution is 7.11. The molecular weight excluding hydrogens is 384 g/mol. The van der Waals surface area contributed by atoms with Crippen LogP contribution in [0.25, 0.3) is 0 Å². The van der Waals surface area contributed by atoms with E-state index >= 15 is 0 Å². The van der Waals surface area contributed by atoms with Crippen LogP contribution in [0.1, 0.15) is 22.2 Å². The molecule has 0 bridgehead atoms. The Morgan fingerprint density at radius 1 is 1.14 bits per heavy atom. The summed E-state index contributed by atoms with van der Waals surface area (Å²) in [5.74, 6) is 1.71. The smallest absolute Gasteiger partial charge is 0.191 e. The summed E-state index contributed by atoms with van der Waals surface area (Å²) in [4.78, 5) is 9.43. The van der Waals surface area contributed by atoms with Crippen LogP contribution in [0, 0.1) is 0 Å². The average molecular weight is 417 g/mol. The van der Waals surface area contributed by atoms with Gasteiger partial charge in [-0.3, -0.25) is 9.89 Å². The molecule has 29 heavy (non-hydrogen) atoms. The third kappa shape index (κ3) is 7.34. The third-order valence-electron chi connectivity index (χ3n) is 4.86. The van der Waals surface area contributed by atoms with Gasteiger partial charge in [-0.05, 0) is 36.2 Å². The molecule has 0 aliphatic carbocycles. The summed E-state index contributed by atoms with van der Waals surface area (Å²) in [5.41, 5.74) is 1.17. The summed E-state index contributed by atoms with van der Waals surface area (Å²) in [6.07, 6.45) is 1.09. The van der Waals surface area contributed by atoms with Gasteiger partial charge in [0.25, 0.3) is 0 Å². The van der Waals surface area contributed by atoms with Gasteiger partial charge in [0.05, 0.1) is 19.8 Å². The predicted molar refractivity (Wildman–Crippen MR) is 120 cm³/mol. The first-order chi connectivity index (χ1) is 14.3. The Morgan fingerprint density at radius 3 is 2.69 bits per heavy atom. The summed E-state index contributed by atoms with van der Waals surface area (Å²) in [7, 11) is 1.80. The molecule has 1 aliphatic heterocycles. The first kappa shape index (κ1) is 21.6. The van der Waals surface area contributed by atoms with E-state index < -0.39 is 0 Å². The first-order valence-corrected chi connectivity index (χ1v) is 11.1. The number of nitrogens with zero attached hydrogens (tertiary/aromatic N) is 2. The number of nitrogens with one attached hydrogen (secondary N) is 2. The summed E-state index contributed by atoms with van der Waals surface area (Å²) < 4.78 is 11.3. The molecule has 0 radical (unpaired) electrons. The lowest BCUT2D eigenvalue weighted by Crippen LogP contribution is -2.38. The molecule has 158 valence electrons. The SMILES string of the molecule is CCc1ccc(CNC(=NC)NCc2cccc(OCCN3CCOCC3)c2)s1. The monoisotopic (exact) mass is 416 g/mol. The third-order valence-corrected chi connectivity index (χ3v) is 6.09. The van der Waals surface area contributed by atoms with Crippen LogP contribution in [0.5, 0.6) is 5.75 Å². The number of rotatable bonds is 9. The zero-order valence-electron chi connectivity index (χ0n) is 17.4. The number of ether oxygens (including phenoxy) is 2. The van der Waals surface area contributed by atoms with Crippen molar-refractivity contribution in [2.75, 3.05) is 46.5 Å². The van der Waals surface area contributed by atoms with Gasteiger partial charge < -0.3 is 20.1 Å². The quantitative estimate of drug-likeness (QED) is 0.486. The zero-order chi connectivity index (χ0) is 20.3. The van der Waals surface area contributed by atoms with Crippen LogP contribution in [0.4, 0.5) is 0 Å².